The topological polar surface area (TPSA) is 46.9 Å². The van der Waals surface area contributed by atoms with Crippen molar-refractivity contribution in [2.24, 2.45) is 0 Å². The summed E-state index contributed by atoms with van der Waals surface area (Å²) >= 11 is 1.77. The van der Waals surface area contributed by atoms with Crippen LogP contribution in [0.4, 0.5) is 5.69 Å². The number of hydrogen-bond acceptors (Lipinski definition) is 3. The molecule has 0 saturated carbocycles. The summed E-state index contributed by atoms with van der Waals surface area (Å²) in [6, 6.07) is 28.3. The van der Waals surface area contributed by atoms with Crippen molar-refractivity contribution in [3.63, 3.8) is 0 Å². The number of nitrogens with one attached hydrogen (secondary N) is 1. The molecule has 154 valence electrons. The molecule has 4 aromatic rings. The number of fused-ring (bicyclic) bond motifs is 1. The molecule has 1 amide bonds. The SMILES string of the molecule is O=C(CC(c1ccccc1)c1ccccc1)Nc1ccccc1-c1cn2c(n1)SCC2. The van der Waals surface area contributed by atoms with E-state index in [-0.39, 0.29) is 11.8 Å². The van der Waals surface area contributed by atoms with Crippen LogP contribution in [0.15, 0.2) is 96.3 Å². The monoisotopic (exact) mass is 425 g/mol. The molecule has 2 heterocycles. The van der Waals surface area contributed by atoms with Gasteiger partial charge in [0.05, 0.1) is 11.4 Å². The van der Waals surface area contributed by atoms with Gasteiger partial charge in [0.25, 0.3) is 0 Å². The van der Waals surface area contributed by atoms with Crippen molar-refractivity contribution in [3.8, 4) is 11.3 Å². The summed E-state index contributed by atoms with van der Waals surface area (Å²) in [5.41, 5.74) is 4.93. The minimum atomic E-state index is -0.00807. The van der Waals surface area contributed by atoms with E-state index >= 15 is 0 Å². The fourth-order valence-electron chi connectivity index (χ4n) is 4.04. The number of anilines is 1. The molecule has 5 rings (SSSR count). The smallest absolute Gasteiger partial charge is 0.225 e. The summed E-state index contributed by atoms with van der Waals surface area (Å²) in [4.78, 5) is 17.9. The standard InChI is InChI=1S/C26H23N3OS/c30-25(17-22(19-9-3-1-4-10-19)20-11-5-2-6-12-20)27-23-14-8-7-13-21(23)24-18-29-15-16-31-26(29)28-24/h1-14,18,22H,15-17H2,(H,27,30). The molecule has 4 nitrogen and oxygen atoms in total. The van der Waals surface area contributed by atoms with Crippen molar-refractivity contribution in [1.29, 1.82) is 0 Å². The Morgan fingerprint density at radius 3 is 2.26 bits per heavy atom. The minimum Gasteiger partial charge on any atom is -0.325 e. The molecule has 1 aliphatic heterocycles. The van der Waals surface area contributed by atoms with Crippen LogP contribution in [-0.4, -0.2) is 21.2 Å². The molecule has 1 N–H and O–H groups in total. The van der Waals surface area contributed by atoms with Crippen molar-refractivity contribution >= 4 is 23.4 Å². The van der Waals surface area contributed by atoms with Crippen LogP contribution in [0.3, 0.4) is 0 Å². The van der Waals surface area contributed by atoms with Crippen molar-refractivity contribution in [3.05, 3.63) is 102 Å². The van der Waals surface area contributed by atoms with E-state index in [9.17, 15) is 4.79 Å². The van der Waals surface area contributed by atoms with Gasteiger partial charge >= 0.3 is 0 Å². The van der Waals surface area contributed by atoms with Gasteiger partial charge in [-0.15, -0.1) is 0 Å². The van der Waals surface area contributed by atoms with Crippen LogP contribution in [0.1, 0.15) is 23.5 Å². The summed E-state index contributed by atoms with van der Waals surface area (Å²) in [5.74, 6) is 1.06. The number of carbonyl (C=O) groups excluding carboxylic acids is 1. The zero-order valence-electron chi connectivity index (χ0n) is 17.1. The number of thioether (sulfide) groups is 1. The van der Waals surface area contributed by atoms with Gasteiger partial charge < -0.3 is 9.88 Å². The predicted octanol–water partition coefficient (Wildman–Crippen LogP) is 5.82. The number of nitrogens with zero attached hydrogens (tertiary/aromatic N) is 2. The van der Waals surface area contributed by atoms with Crippen LogP contribution in [0, 0.1) is 0 Å². The summed E-state index contributed by atoms with van der Waals surface area (Å²) in [7, 11) is 0. The summed E-state index contributed by atoms with van der Waals surface area (Å²) in [6.07, 6.45) is 2.45. The molecule has 0 bridgehead atoms. The molecule has 0 spiro atoms. The molecule has 1 aromatic heterocycles. The van der Waals surface area contributed by atoms with Gasteiger partial charge in [0.15, 0.2) is 5.16 Å². The Morgan fingerprint density at radius 1 is 0.935 bits per heavy atom. The molecule has 0 fully saturated rings. The van der Waals surface area contributed by atoms with Crippen molar-refractivity contribution < 1.29 is 4.79 Å². The molecular weight excluding hydrogens is 402 g/mol. The highest BCUT2D eigenvalue weighted by molar-refractivity contribution is 7.99. The van der Waals surface area contributed by atoms with Crippen LogP contribution in [0.5, 0.6) is 0 Å². The number of para-hydroxylation sites is 1. The summed E-state index contributed by atoms with van der Waals surface area (Å²) in [6.45, 7) is 0.983. The van der Waals surface area contributed by atoms with Crippen LogP contribution in [0.25, 0.3) is 11.3 Å². The molecule has 0 saturated heterocycles. The van der Waals surface area contributed by atoms with Crippen molar-refractivity contribution in [2.75, 3.05) is 11.1 Å². The van der Waals surface area contributed by atoms with Gasteiger partial charge in [-0.3, -0.25) is 4.79 Å². The maximum absolute atomic E-state index is 13.2. The first-order valence-corrected chi connectivity index (χ1v) is 11.5. The van der Waals surface area contributed by atoms with E-state index in [2.05, 4.69) is 40.3 Å². The molecule has 0 atom stereocenters. The minimum absolute atomic E-state index is 0.00219. The second-order valence-corrected chi connectivity index (χ2v) is 8.68. The lowest BCUT2D eigenvalue weighted by atomic mass is 9.88. The largest absolute Gasteiger partial charge is 0.325 e. The van der Waals surface area contributed by atoms with Gasteiger partial charge in [-0.2, -0.15) is 0 Å². The van der Waals surface area contributed by atoms with E-state index < -0.39 is 0 Å². The first-order valence-electron chi connectivity index (χ1n) is 10.5. The third kappa shape index (κ3) is 4.28. The Morgan fingerprint density at radius 2 is 1.58 bits per heavy atom. The van der Waals surface area contributed by atoms with Crippen molar-refractivity contribution in [1.82, 2.24) is 9.55 Å². The number of benzene rings is 3. The van der Waals surface area contributed by atoms with E-state index in [1.54, 1.807) is 11.8 Å². The Kier molecular flexibility index (Phi) is 5.59. The van der Waals surface area contributed by atoms with Crippen LogP contribution in [-0.2, 0) is 11.3 Å². The predicted molar refractivity (Wildman–Crippen MR) is 126 cm³/mol. The lowest BCUT2D eigenvalue weighted by Gasteiger charge is -2.18. The number of aryl methyl sites for hydroxylation is 1. The van der Waals surface area contributed by atoms with E-state index in [4.69, 9.17) is 4.98 Å². The Hall–Kier alpha value is -3.31. The second kappa shape index (κ2) is 8.82. The Balaban J connectivity index is 1.39. The molecule has 31 heavy (non-hydrogen) atoms. The number of amides is 1. The summed E-state index contributed by atoms with van der Waals surface area (Å²) in [5, 5.41) is 4.19. The third-order valence-electron chi connectivity index (χ3n) is 5.57. The highest BCUT2D eigenvalue weighted by atomic mass is 32.2. The zero-order valence-corrected chi connectivity index (χ0v) is 17.9. The quantitative estimate of drug-likeness (QED) is 0.424. The molecule has 0 unspecified atom stereocenters. The second-order valence-electron chi connectivity index (χ2n) is 7.62. The summed E-state index contributed by atoms with van der Waals surface area (Å²) < 4.78 is 2.18. The normalized spacial score (nSPS) is 12.7. The molecule has 5 heteroatoms. The fourth-order valence-corrected chi connectivity index (χ4v) is 4.98. The number of rotatable bonds is 6. The number of hydrogen-bond donors (Lipinski definition) is 1. The van der Waals surface area contributed by atoms with Gasteiger partial charge in [-0.1, -0.05) is 90.6 Å². The van der Waals surface area contributed by atoms with Crippen LogP contribution < -0.4 is 5.32 Å². The number of imidazole rings is 1. The van der Waals surface area contributed by atoms with E-state index in [1.807, 2.05) is 60.7 Å². The van der Waals surface area contributed by atoms with Gasteiger partial charge in [0.2, 0.25) is 5.91 Å². The maximum atomic E-state index is 13.2. The van der Waals surface area contributed by atoms with E-state index in [0.29, 0.717) is 6.42 Å². The van der Waals surface area contributed by atoms with E-state index in [0.717, 1.165) is 45.5 Å². The molecule has 0 aliphatic carbocycles. The number of aromatic nitrogens is 2. The first kappa shape index (κ1) is 19.6. The zero-order chi connectivity index (χ0) is 21.0. The third-order valence-corrected chi connectivity index (χ3v) is 6.54. The average Bonchev–Trinajstić information content (AvgIpc) is 3.42. The number of carbonyl (C=O) groups is 1. The van der Waals surface area contributed by atoms with Gasteiger partial charge in [0.1, 0.15) is 0 Å². The van der Waals surface area contributed by atoms with Crippen LogP contribution in [0.2, 0.25) is 0 Å². The fraction of sp³-hybridized carbons (Fsp3) is 0.154. The molecular formula is C26H23N3OS. The van der Waals surface area contributed by atoms with E-state index in [1.165, 1.54) is 0 Å². The van der Waals surface area contributed by atoms with Crippen molar-refractivity contribution in [2.45, 2.75) is 24.0 Å². The Bertz CT molecular complexity index is 1130. The Labute approximate surface area is 186 Å². The molecule has 0 radical (unpaired) electrons. The lowest BCUT2D eigenvalue weighted by molar-refractivity contribution is -0.116. The van der Waals surface area contributed by atoms with Gasteiger partial charge in [-0.05, 0) is 17.2 Å². The van der Waals surface area contributed by atoms with Gasteiger partial charge in [0, 0.05) is 36.4 Å². The highest BCUT2D eigenvalue weighted by Crippen LogP contribution is 2.33. The first-order chi connectivity index (χ1) is 15.3. The highest BCUT2D eigenvalue weighted by Gasteiger charge is 2.20. The lowest BCUT2D eigenvalue weighted by Crippen LogP contribution is -2.17. The average molecular weight is 426 g/mol. The molecule has 1 aliphatic rings. The van der Waals surface area contributed by atoms with Crippen LogP contribution >= 0.6 is 11.8 Å². The maximum Gasteiger partial charge on any atom is 0.225 e. The molecule has 3 aromatic carbocycles. The van der Waals surface area contributed by atoms with Gasteiger partial charge in [-0.25, -0.2) is 4.98 Å².